The molecule has 1 aromatic rings. The first-order valence-electron chi connectivity index (χ1n) is 8.29. The van der Waals surface area contributed by atoms with Gasteiger partial charge in [0.2, 0.25) is 0 Å². The Labute approximate surface area is 148 Å². The highest BCUT2D eigenvalue weighted by molar-refractivity contribution is 5.94. The van der Waals surface area contributed by atoms with Crippen molar-refractivity contribution in [1.82, 2.24) is 0 Å². The van der Waals surface area contributed by atoms with E-state index in [9.17, 15) is 14.7 Å². The van der Waals surface area contributed by atoms with Crippen LogP contribution in [0.2, 0.25) is 0 Å². The van der Waals surface area contributed by atoms with Gasteiger partial charge >= 0.3 is 11.9 Å². The van der Waals surface area contributed by atoms with Crippen LogP contribution in [0.1, 0.15) is 65.2 Å². The number of carbonyl (C=O) groups excluding carboxylic acids is 1. The maximum Gasteiger partial charge on any atom is 0.335 e. The second-order valence-electron chi connectivity index (χ2n) is 8.40. The molecule has 0 saturated heterocycles. The van der Waals surface area contributed by atoms with Crippen LogP contribution in [0.3, 0.4) is 0 Å². The maximum absolute atomic E-state index is 11.7. The zero-order chi connectivity index (χ0) is 19.2. The van der Waals surface area contributed by atoms with E-state index >= 15 is 0 Å². The Balaban J connectivity index is 2.91. The molecule has 0 spiro atoms. The molecule has 0 aromatic heterocycles. The van der Waals surface area contributed by atoms with E-state index in [0.29, 0.717) is 17.1 Å². The zero-order valence-electron chi connectivity index (χ0n) is 15.9. The summed E-state index contributed by atoms with van der Waals surface area (Å²) in [5.74, 6) is -0.303. The molecule has 0 fully saturated rings. The molecule has 0 atom stereocenters. The smallest absolute Gasteiger partial charge is 0.335 e. The van der Waals surface area contributed by atoms with Gasteiger partial charge in [0.1, 0.15) is 18.1 Å². The monoisotopic (exact) mass is 346 g/mol. The number of carboxylic acid groups (broad SMARTS) is 1. The summed E-state index contributed by atoms with van der Waals surface area (Å²) in [6, 6.07) is 1.86. The standard InChI is InChI=1S/C20H26O5/c1-11(21)25-17-14(19(2,3)4)9-15-13(16(17)20(5,6)7)8-12(10-24-15)18(22)23/h8-9H,10H2,1-7H3,(H,22,23). The van der Waals surface area contributed by atoms with E-state index in [-0.39, 0.29) is 23.0 Å². The van der Waals surface area contributed by atoms with Crippen molar-refractivity contribution in [3.8, 4) is 11.5 Å². The van der Waals surface area contributed by atoms with E-state index in [1.165, 1.54) is 6.92 Å². The summed E-state index contributed by atoms with van der Waals surface area (Å²) in [7, 11) is 0. The molecule has 5 heteroatoms. The molecule has 1 heterocycles. The number of aliphatic carboxylic acids is 1. The van der Waals surface area contributed by atoms with Gasteiger partial charge in [0, 0.05) is 23.6 Å². The number of hydrogen-bond donors (Lipinski definition) is 1. The molecule has 25 heavy (non-hydrogen) atoms. The quantitative estimate of drug-likeness (QED) is 0.645. The highest BCUT2D eigenvalue weighted by Crippen LogP contribution is 2.47. The van der Waals surface area contributed by atoms with Crippen LogP contribution < -0.4 is 9.47 Å². The Morgan fingerprint density at radius 3 is 2.16 bits per heavy atom. The lowest BCUT2D eigenvalue weighted by Crippen LogP contribution is -2.25. The molecule has 0 bridgehead atoms. The summed E-state index contributed by atoms with van der Waals surface area (Å²) < 4.78 is 11.4. The molecule has 1 aliphatic heterocycles. The largest absolute Gasteiger partial charge is 0.488 e. The molecule has 0 amide bonds. The first-order valence-corrected chi connectivity index (χ1v) is 8.29. The topological polar surface area (TPSA) is 72.8 Å². The second-order valence-corrected chi connectivity index (χ2v) is 8.40. The molecular weight excluding hydrogens is 320 g/mol. The average Bonchev–Trinajstić information content (AvgIpc) is 2.42. The van der Waals surface area contributed by atoms with Crippen molar-refractivity contribution in [3.05, 3.63) is 28.3 Å². The van der Waals surface area contributed by atoms with Gasteiger partial charge < -0.3 is 14.6 Å². The van der Waals surface area contributed by atoms with Gasteiger partial charge in [-0.3, -0.25) is 4.79 Å². The van der Waals surface area contributed by atoms with E-state index in [4.69, 9.17) is 9.47 Å². The van der Waals surface area contributed by atoms with Crippen molar-refractivity contribution >= 4 is 18.0 Å². The fourth-order valence-electron chi connectivity index (χ4n) is 2.96. The van der Waals surface area contributed by atoms with Gasteiger partial charge in [0.25, 0.3) is 0 Å². The molecular formula is C20H26O5. The average molecular weight is 346 g/mol. The van der Waals surface area contributed by atoms with Crippen molar-refractivity contribution in [2.45, 2.75) is 59.3 Å². The van der Waals surface area contributed by atoms with E-state index in [2.05, 4.69) is 0 Å². The van der Waals surface area contributed by atoms with Gasteiger partial charge in [0.15, 0.2) is 0 Å². The fraction of sp³-hybridized carbons (Fsp3) is 0.500. The van der Waals surface area contributed by atoms with Crippen molar-refractivity contribution in [2.75, 3.05) is 6.61 Å². The predicted molar refractivity (Wildman–Crippen MR) is 96.3 cm³/mol. The summed E-state index contributed by atoms with van der Waals surface area (Å²) in [5, 5.41) is 9.32. The van der Waals surface area contributed by atoms with Crippen LogP contribution >= 0.6 is 0 Å². The van der Waals surface area contributed by atoms with Gasteiger partial charge in [-0.15, -0.1) is 0 Å². The van der Waals surface area contributed by atoms with Crippen LogP contribution in [0.5, 0.6) is 11.5 Å². The highest BCUT2D eigenvalue weighted by Gasteiger charge is 2.34. The lowest BCUT2D eigenvalue weighted by Gasteiger charge is -2.33. The number of ether oxygens (including phenoxy) is 2. The Bertz CT molecular complexity index is 758. The molecule has 2 rings (SSSR count). The molecule has 5 nitrogen and oxygen atoms in total. The van der Waals surface area contributed by atoms with E-state index in [0.717, 1.165) is 11.1 Å². The highest BCUT2D eigenvalue weighted by atomic mass is 16.5. The molecule has 136 valence electrons. The summed E-state index contributed by atoms with van der Waals surface area (Å²) in [6.45, 7) is 13.5. The summed E-state index contributed by atoms with van der Waals surface area (Å²) in [5.41, 5.74) is 1.83. The fourth-order valence-corrected chi connectivity index (χ4v) is 2.96. The first kappa shape index (κ1) is 19.0. The predicted octanol–water partition coefficient (Wildman–Crippen LogP) is 4.07. The number of rotatable bonds is 2. The van der Waals surface area contributed by atoms with Crippen LogP contribution in [0.4, 0.5) is 0 Å². The number of carboxylic acids is 1. The summed E-state index contributed by atoms with van der Waals surface area (Å²) in [6.07, 6.45) is 1.63. The SMILES string of the molecule is CC(=O)Oc1c(C(C)(C)C)cc2c(c1C(C)(C)C)C=C(C(=O)O)CO2. The van der Waals surface area contributed by atoms with Crippen LogP contribution in [0, 0.1) is 0 Å². The van der Waals surface area contributed by atoms with Crippen molar-refractivity contribution in [3.63, 3.8) is 0 Å². The summed E-state index contributed by atoms with van der Waals surface area (Å²) in [4.78, 5) is 23.1. The van der Waals surface area contributed by atoms with E-state index < -0.39 is 11.9 Å². The van der Waals surface area contributed by atoms with Gasteiger partial charge in [-0.2, -0.15) is 0 Å². The third-order valence-electron chi connectivity index (χ3n) is 4.06. The van der Waals surface area contributed by atoms with Gasteiger partial charge in [-0.05, 0) is 23.0 Å². The molecule has 1 aliphatic rings. The Hall–Kier alpha value is -2.30. The summed E-state index contributed by atoms with van der Waals surface area (Å²) >= 11 is 0. The Morgan fingerprint density at radius 1 is 1.12 bits per heavy atom. The van der Waals surface area contributed by atoms with Crippen molar-refractivity contribution < 1.29 is 24.2 Å². The lowest BCUT2D eigenvalue weighted by atomic mass is 9.76. The van der Waals surface area contributed by atoms with Gasteiger partial charge in [-0.1, -0.05) is 41.5 Å². The Kier molecular flexibility index (Phi) is 4.73. The first-order chi connectivity index (χ1) is 11.3. The minimum atomic E-state index is -1.01. The van der Waals surface area contributed by atoms with Crippen LogP contribution in [-0.2, 0) is 20.4 Å². The third-order valence-corrected chi connectivity index (χ3v) is 4.06. The molecule has 0 unspecified atom stereocenters. The minimum absolute atomic E-state index is 0.0163. The molecule has 1 aromatic carbocycles. The van der Waals surface area contributed by atoms with E-state index in [1.54, 1.807) is 6.08 Å². The number of esters is 1. The van der Waals surface area contributed by atoms with Gasteiger partial charge in [-0.25, -0.2) is 4.79 Å². The van der Waals surface area contributed by atoms with Crippen molar-refractivity contribution in [2.24, 2.45) is 0 Å². The lowest BCUT2D eigenvalue weighted by molar-refractivity contribution is -0.133. The zero-order valence-corrected chi connectivity index (χ0v) is 15.9. The normalized spacial score (nSPS) is 14.3. The van der Waals surface area contributed by atoms with Crippen LogP contribution in [0.25, 0.3) is 6.08 Å². The minimum Gasteiger partial charge on any atom is -0.488 e. The molecule has 1 N–H and O–H groups in total. The molecule has 0 aliphatic carbocycles. The van der Waals surface area contributed by atoms with E-state index in [1.807, 2.05) is 47.6 Å². The number of hydrogen-bond acceptors (Lipinski definition) is 4. The molecule has 0 radical (unpaired) electrons. The van der Waals surface area contributed by atoms with Crippen LogP contribution in [-0.4, -0.2) is 23.7 Å². The number of fused-ring (bicyclic) bond motifs is 1. The Morgan fingerprint density at radius 2 is 1.72 bits per heavy atom. The van der Waals surface area contributed by atoms with Gasteiger partial charge in [0.05, 0.1) is 5.57 Å². The maximum atomic E-state index is 11.7. The van der Waals surface area contributed by atoms with Crippen molar-refractivity contribution in [1.29, 1.82) is 0 Å². The molecule has 0 saturated carbocycles. The number of carbonyl (C=O) groups is 2. The number of benzene rings is 1. The second kappa shape index (κ2) is 6.21. The third kappa shape index (κ3) is 3.86. The van der Waals surface area contributed by atoms with Crippen LogP contribution in [0.15, 0.2) is 11.6 Å².